The number of aryl methyl sites for hydroxylation is 1. The molecule has 0 spiro atoms. The minimum absolute atomic E-state index is 0.0969. The predicted molar refractivity (Wildman–Crippen MR) is 99.5 cm³/mol. The highest BCUT2D eigenvalue weighted by molar-refractivity contribution is 5.94. The van der Waals surface area contributed by atoms with Gasteiger partial charge in [-0.25, -0.2) is 0 Å². The molecule has 0 saturated carbocycles. The molecule has 2 amide bonds. The third-order valence-electron chi connectivity index (χ3n) is 4.66. The van der Waals surface area contributed by atoms with Crippen LogP contribution >= 0.6 is 0 Å². The average molecular weight is 372 g/mol. The molecule has 1 aromatic carbocycles. The lowest BCUT2D eigenvalue weighted by Crippen LogP contribution is -3.14. The summed E-state index contributed by atoms with van der Waals surface area (Å²) in [5.74, 6) is -0.440. The minimum Gasteiger partial charge on any atom is -0.459 e. The van der Waals surface area contributed by atoms with Crippen molar-refractivity contribution in [2.75, 3.05) is 39.4 Å². The summed E-state index contributed by atoms with van der Waals surface area (Å²) < 4.78 is 10.5. The molecule has 144 valence electrons. The van der Waals surface area contributed by atoms with Crippen LogP contribution in [0.25, 0.3) is 0 Å². The van der Waals surface area contributed by atoms with E-state index < -0.39 is 5.91 Å². The molecule has 1 atom stereocenters. The van der Waals surface area contributed by atoms with Gasteiger partial charge in [-0.2, -0.15) is 0 Å². The lowest BCUT2D eigenvalue weighted by atomic mass is 10.0. The molecule has 3 rings (SSSR count). The summed E-state index contributed by atoms with van der Waals surface area (Å²) in [5.41, 5.74) is 2.23. The summed E-state index contributed by atoms with van der Waals surface area (Å²) in [6.45, 7) is 6.05. The first-order valence-corrected chi connectivity index (χ1v) is 9.21. The van der Waals surface area contributed by atoms with Crippen molar-refractivity contribution in [3.05, 3.63) is 59.5 Å². The van der Waals surface area contributed by atoms with Crippen molar-refractivity contribution in [1.29, 1.82) is 0 Å². The van der Waals surface area contributed by atoms with Gasteiger partial charge in [0, 0.05) is 0 Å². The molecule has 1 aliphatic rings. The van der Waals surface area contributed by atoms with E-state index in [-0.39, 0.29) is 24.3 Å². The Hall–Kier alpha value is -2.64. The fraction of sp³-hybridized carbons (Fsp3) is 0.400. The summed E-state index contributed by atoms with van der Waals surface area (Å²) in [7, 11) is 0. The van der Waals surface area contributed by atoms with Gasteiger partial charge in [0.25, 0.3) is 5.91 Å². The first-order chi connectivity index (χ1) is 13.1. The second-order valence-corrected chi connectivity index (χ2v) is 6.76. The fourth-order valence-corrected chi connectivity index (χ4v) is 3.10. The van der Waals surface area contributed by atoms with Gasteiger partial charge in [-0.15, -0.1) is 0 Å². The van der Waals surface area contributed by atoms with Gasteiger partial charge in [0.1, 0.15) is 25.7 Å². The van der Waals surface area contributed by atoms with E-state index in [1.807, 2.05) is 31.2 Å². The molecule has 0 aliphatic carbocycles. The largest absolute Gasteiger partial charge is 0.459 e. The number of furan rings is 1. The zero-order chi connectivity index (χ0) is 19.1. The zero-order valence-electron chi connectivity index (χ0n) is 15.5. The lowest BCUT2D eigenvalue weighted by molar-refractivity contribution is -0.909. The number of hydrogen-bond acceptors (Lipinski definition) is 4. The van der Waals surface area contributed by atoms with Crippen molar-refractivity contribution < 1.29 is 23.6 Å². The van der Waals surface area contributed by atoms with Crippen LogP contribution in [0.3, 0.4) is 0 Å². The highest BCUT2D eigenvalue weighted by Gasteiger charge is 2.23. The molecule has 7 nitrogen and oxygen atoms in total. The smallest absolute Gasteiger partial charge is 0.287 e. The Morgan fingerprint density at radius 3 is 2.56 bits per heavy atom. The van der Waals surface area contributed by atoms with E-state index >= 15 is 0 Å². The molecule has 27 heavy (non-hydrogen) atoms. The Bertz CT molecular complexity index is 737. The highest BCUT2D eigenvalue weighted by Crippen LogP contribution is 2.12. The predicted octanol–water partition coefficient (Wildman–Crippen LogP) is 0.0904. The second-order valence-electron chi connectivity index (χ2n) is 6.76. The fourth-order valence-electron chi connectivity index (χ4n) is 3.10. The average Bonchev–Trinajstić information content (AvgIpc) is 3.22. The Morgan fingerprint density at radius 2 is 1.89 bits per heavy atom. The monoisotopic (exact) mass is 372 g/mol. The van der Waals surface area contributed by atoms with E-state index in [1.54, 1.807) is 12.1 Å². The molecule has 1 saturated heterocycles. The molecular formula is C20H26N3O4+. The molecular weight excluding hydrogens is 346 g/mol. The molecule has 2 heterocycles. The third-order valence-corrected chi connectivity index (χ3v) is 4.66. The number of carbonyl (C=O) groups excluding carboxylic acids is 2. The zero-order valence-corrected chi connectivity index (χ0v) is 15.5. The number of carbonyl (C=O) groups is 2. The van der Waals surface area contributed by atoms with Crippen LogP contribution < -0.4 is 15.5 Å². The number of ether oxygens (including phenoxy) is 1. The molecule has 0 radical (unpaired) electrons. The molecule has 2 aromatic rings. The van der Waals surface area contributed by atoms with Crippen molar-refractivity contribution in [2.24, 2.45) is 0 Å². The quantitative estimate of drug-likeness (QED) is 0.643. The van der Waals surface area contributed by atoms with Gasteiger partial charge in [0.15, 0.2) is 5.76 Å². The molecule has 1 aromatic heterocycles. The molecule has 1 fully saturated rings. The summed E-state index contributed by atoms with van der Waals surface area (Å²) in [6, 6.07) is 11.2. The van der Waals surface area contributed by atoms with Crippen molar-refractivity contribution in [3.8, 4) is 0 Å². The van der Waals surface area contributed by atoms with Crippen LogP contribution in [-0.2, 0) is 9.53 Å². The van der Waals surface area contributed by atoms with E-state index in [1.165, 1.54) is 16.7 Å². The van der Waals surface area contributed by atoms with Gasteiger partial charge in [-0.3, -0.25) is 9.59 Å². The summed E-state index contributed by atoms with van der Waals surface area (Å²) in [4.78, 5) is 25.7. The highest BCUT2D eigenvalue weighted by atomic mass is 16.5. The minimum atomic E-state index is -0.402. The van der Waals surface area contributed by atoms with Crippen molar-refractivity contribution >= 4 is 11.8 Å². The summed E-state index contributed by atoms with van der Waals surface area (Å²) >= 11 is 0. The molecule has 3 N–H and O–H groups in total. The van der Waals surface area contributed by atoms with Crippen LogP contribution in [0, 0.1) is 6.92 Å². The van der Waals surface area contributed by atoms with Gasteiger partial charge in [0.2, 0.25) is 5.91 Å². The summed E-state index contributed by atoms with van der Waals surface area (Å²) in [5, 5.41) is 5.64. The lowest BCUT2D eigenvalue weighted by Gasteiger charge is -2.28. The number of benzene rings is 1. The van der Waals surface area contributed by atoms with Crippen molar-refractivity contribution in [1.82, 2.24) is 10.6 Å². The maximum absolute atomic E-state index is 12.4. The van der Waals surface area contributed by atoms with E-state index in [4.69, 9.17) is 9.15 Å². The van der Waals surface area contributed by atoms with E-state index in [9.17, 15) is 9.59 Å². The van der Waals surface area contributed by atoms with Gasteiger partial charge in [-0.05, 0) is 24.6 Å². The Kier molecular flexibility index (Phi) is 6.62. The van der Waals surface area contributed by atoms with E-state index in [0.717, 1.165) is 38.4 Å². The standard InChI is InChI=1S/C20H25N3O4/c1-15-4-6-16(7-5-15)17(14-23-8-11-26-12-9-23)22-19(24)13-21-20(25)18-3-2-10-27-18/h2-7,10,17H,8-9,11-14H2,1H3,(H,21,25)(H,22,24)/p+1/t17-/m1/s1. The number of morpholine rings is 1. The molecule has 7 heteroatoms. The Morgan fingerprint density at radius 1 is 1.15 bits per heavy atom. The van der Waals surface area contributed by atoms with Crippen LogP contribution in [0.1, 0.15) is 27.7 Å². The Labute approximate surface area is 158 Å². The number of quaternary nitrogens is 1. The van der Waals surface area contributed by atoms with E-state index in [0.29, 0.717) is 0 Å². The topological polar surface area (TPSA) is 85.0 Å². The van der Waals surface area contributed by atoms with Gasteiger partial charge in [-0.1, -0.05) is 29.8 Å². The normalized spacial score (nSPS) is 15.9. The van der Waals surface area contributed by atoms with E-state index in [2.05, 4.69) is 10.6 Å². The van der Waals surface area contributed by atoms with Crippen LogP contribution in [0.2, 0.25) is 0 Å². The number of rotatable bonds is 7. The maximum Gasteiger partial charge on any atom is 0.287 e. The van der Waals surface area contributed by atoms with Crippen LogP contribution in [0.5, 0.6) is 0 Å². The molecule has 0 bridgehead atoms. The number of hydrogen-bond donors (Lipinski definition) is 3. The number of amides is 2. The van der Waals surface area contributed by atoms with Gasteiger partial charge < -0.3 is 24.7 Å². The van der Waals surface area contributed by atoms with Crippen LogP contribution in [0.15, 0.2) is 47.1 Å². The first-order valence-electron chi connectivity index (χ1n) is 9.21. The van der Waals surface area contributed by atoms with Crippen molar-refractivity contribution in [2.45, 2.75) is 13.0 Å². The molecule has 1 aliphatic heterocycles. The van der Waals surface area contributed by atoms with Crippen LogP contribution in [-0.4, -0.2) is 51.2 Å². The van der Waals surface area contributed by atoms with Gasteiger partial charge in [0.05, 0.1) is 26.0 Å². The molecule has 0 unspecified atom stereocenters. The third kappa shape index (κ3) is 5.67. The van der Waals surface area contributed by atoms with Crippen molar-refractivity contribution in [3.63, 3.8) is 0 Å². The van der Waals surface area contributed by atoms with Gasteiger partial charge >= 0.3 is 0 Å². The Balaban J connectivity index is 1.60. The SMILES string of the molecule is Cc1ccc([C@@H](C[NH+]2CCOCC2)NC(=O)CNC(=O)c2ccco2)cc1. The second kappa shape index (κ2) is 9.34. The first kappa shape index (κ1) is 19.1. The summed E-state index contributed by atoms with van der Waals surface area (Å²) in [6.07, 6.45) is 1.42. The van der Waals surface area contributed by atoms with Crippen LogP contribution in [0.4, 0.5) is 0 Å². The maximum atomic E-state index is 12.4. The number of nitrogens with one attached hydrogen (secondary N) is 3.